The number of halogens is 1. The summed E-state index contributed by atoms with van der Waals surface area (Å²) >= 11 is 5.85. The van der Waals surface area contributed by atoms with Crippen LogP contribution in [0.4, 0.5) is 11.4 Å². The molecule has 0 bridgehead atoms. The zero-order chi connectivity index (χ0) is 13.3. The monoisotopic (exact) mass is 264 g/mol. The lowest BCUT2D eigenvalue weighted by Gasteiger charge is -2.07. The molecule has 0 radical (unpaired) electrons. The number of anilines is 2. The number of nitrogen functional groups attached to an aromatic ring is 1. The molecule has 1 amide bonds. The Balaban J connectivity index is 2.24. The molecule has 1 aromatic carbocycles. The fourth-order valence-corrected chi connectivity index (χ4v) is 1.79. The van der Waals surface area contributed by atoms with E-state index in [1.807, 2.05) is 6.92 Å². The van der Waals surface area contributed by atoms with Gasteiger partial charge in [-0.15, -0.1) is 0 Å². The molecule has 6 heteroatoms. The summed E-state index contributed by atoms with van der Waals surface area (Å²) in [6.45, 7) is 3.62. The third-order valence-corrected chi connectivity index (χ3v) is 2.88. The van der Waals surface area contributed by atoms with Crippen molar-refractivity contribution in [2.45, 2.75) is 13.8 Å². The van der Waals surface area contributed by atoms with E-state index in [9.17, 15) is 4.79 Å². The van der Waals surface area contributed by atoms with Gasteiger partial charge in [-0.05, 0) is 37.6 Å². The predicted molar refractivity (Wildman–Crippen MR) is 71.9 cm³/mol. The minimum absolute atomic E-state index is 0.196. The number of carbonyl (C=O) groups excluding carboxylic acids is 1. The van der Waals surface area contributed by atoms with E-state index in [0.717, 1.165) is 5.56 Å². The largest absolute Gasteiger partial charge is 0.395 e. The number of aromatic amines is 1. The number of aryl methyl sites for hydroxylation is 2. The minimum Gasteiger partial charge on any atom is -0.395 e. The standard InChI is InChI=1S/C12H13ClN4O/c1-6-5-8(13)3-4-9(6)15-12(18)11-10(14)7(2)16-17-11/h3-5H,14H2,1-2H3,(H,15,18)(H,16,17). The second-order valence-corrected chi connectivity index (χ2v) is 4.46. The summed E-state index contributed by atoms with van der Waals surface area (Å²) < 4.78 is 0. The molecule has 0 aliphatic carbocycles. The van der Waals surface area contributed by atoms with Gasteiger partial charge in [0.05, 0.1) is 11.4 Å². The van der Waals surface area contributed by atoms with Crippen LogP contribution < -0.4 is 11.1 Å². The molecule has 4 N–H and O–H groups in total. The third-order valence-electron chi connectivity index (χ3n) is 2.65. The Morgan fingerprint density at radius 2 is 2.17 bits per heavy atom. The normalized spacial score (nSPS) is 10.4. The smallest absolute Gasteiger partial charge is 0.278 e. The molecule has 0 spiro atoms. The van der Waals surface area contributed by atoms with Gasteiger partial charge in [0.1, 0.15) is 0 Å². The number of carbonyl (C=O) groups is 1. The van der Waals surface area contributed by atoms with Gasteiger partial charge in [0.2, 0.25) is 0 Å². The van der Waals surface area contributed by atoms with Crippen LogP contribution in [0.15, 0.2) is 18.2 Å². The van der Waals surface area contributed by atoms with Crippen LogP contribution in [0.3, 0.4) is 0 Å². The summed E-state index contributed by atoms with van der Waals surface area (Å²) in [4.78, 5) is 12.0. The topological polar surface area (TPSA) is 83.8 Å². The lowest BCUT2D eigenvalue weighted by atomic mass is 10.2. The van der Waals surface area contributed by atoms with Crippen LogP contribution in [-0.4, -0.2) is 16.1 Å². The fourth-order valence-electron chi connectivity index (χ4n) is 1.56. The number of rotatable bonds is 2. The Morgan fingerprint density at radius 1 is 1.44 bits per heavy atom. The average molecular weight is 265 g/mol. The number of nitrogens with zero attached hydrogens (tertiary/aromatic N) is 1. The summed E-state index contributed by atoms with van der Waals surface area (Å²) in [7, 11) is 0. The average Bonchev–Trinajstić information content (AvgIpc) is 2.64. The van der Waals surface area contributed by atoms with E-state index in [1.165, 1.54) is 0 Å². The van der Waals surface area contributed by atoms with Crippen LogP contribution in [0.1, 0.15) is 21.7 Å². The Bertz CT molecular complexity index is 606. The van der Waals surface area contributed by atoms with Crippen LogP contribution >= 0.6 is 11.6 Å². The van der Waals surface area contributed by atoms with Crippen molar-refractivity contribution in [1.29, 1.82) is 0 Å². The van der Waals surface area contributed by atoms with Crippen LogP contribution in [-0.2, 0) is 0 Å². The summed E-state index contributed by atoms with van der Waals surface area (Å²) in [6, 6.07) is 5.23. The van der Waals surface area contributed by atoms with E-state index in [0.29, 0.717) is 22.1 Å². The molecule has 0 saturated carbocycles. The van der Waals surface area contributed by atoms with Crippen LogP contribution in [0, 0.1) is 13.8 Å². The second-order valence-electron chi connectivity index (χ2n) is 4.02. The molecule has 1 heterocycles. The third kappa shape index (κ3) is 2.31. The minimum atomic E-state index is -0.345. The summed E-state index contributed by atoms with van der Waals surface area (Å²) in [5.41, 5.74) is 8.54. The zero-order valence-corrected chi connectivity index (χ0v) is 10.8. The highest BCUT2D eigenvalue weighted by atomic mass is 35.5. The van der Waals surface area contributed by atoms with Crippen LogP contribution in [0.2, 0.25) is 5.02 Å². The summed E-state index contributed by atoms with van der Waals surface area (Å²) in [5, 5.41) is 9.91. The zero-order valence-electron chi connectivity index (χ0n) is 10.0. The van der Waals surface area contributed by atoms with Gasteiger partial charge < -0.3 is 11.1 Å². The molecule has 0 atom stereocenters. The lowest BCUT2D eigenvalue weighted by Crippen LogP contribution is -2.15. The van der Waals surface area contributed by atoms with Crippen molar-refractivity contribution in [2.75, 3.05) is 11.1 Å². The molecule has 2 rings (SSSR count). The van der Waals surface area contributed by atoms with Crippen molar-refractivity contribution in [1.82, 2.24) is 10.2 Å². The molecule has 0 aliphatic rings. The molecule has 2 aromatic rings. The highest BCUT2D eigenvalue weighted by Gasteiger charge is 2.16. The number of nitrogens with two attached hydrogens (primary N) is 1. The van der Waals surface area contributed by atoms with E-state index in [2.05, 4.69) is 15.5 Å². The van der Waals surface area contributed by atoms with E-state index >= 15 is 0 Å². The molecule has 0 saturated heterocycles. The Hall–Kier alpha value is -2.01. The number of benzene rings is 1. The second kappa shape index (κ2) is 4.70. The summed E-state index contributed by atoms with van der Waals surface area (Å²) in [5.74, 6) is -0.345. The van der Waals surface area contributed by atoms with Gasteiger partial charge in [0.15, 0.2) is 5.69 Å². The Labute approximate surface area is 109 Å². The van der Waals surface area contributed by atoms with Gasteiger partial charge in [-0.1, -0.05) is 11.6 Å². The van der Waals surface area contributed by atoms with Crippen LogP contribution in [0.5, 0.6) is 0 Å². The first-order valence-corrected chi connectivity index (χ1v) is 5.74. The molecular weight excluding hydrogens is 252 g/mol. The van der Waals surface area contributed by atoms with Gasteiger partial charge in [0, 0.05) is 10.7 Å². The summed E-state index contributed by atoms with van der Waals surface area (Å²) in [6.07, 6.45) is 0. The van der Waals surface area contributed by atoms with Crippen molar-refractivity contribution < 1.29 is 4.79 Å². The maximum Gasteiger partial charge on any atom is 0.278 e. The first-order valence-electron chi connectivity index (χ1n) is 5.37. The Kier molecular flexibility index (Phi) is 3.25. The molecule has 0 unspecified atom stereocenters. The van der Waals surface area contributed by atoms with Gasteiger partial charge in [-0.25, -0.2) is 0 Å². The van der Waals surface area contributed by atoms with Gasteiger partial charge in [-0.3, -0.25) is 9.89 Å². The maximum absolute atomic E-state index is 12.0. The van der Waals surface area contributed by atoms with Gasteiger partial charge in [0.25, 0.3) is 5.91 Å². The van der Waals surface area contributed by atoms with E-state index in [1.54, 1.807) is 25.1 Å². The van der Waals surface area contributed by atoms with Crippen LogP contribution in [0.25, 0.3) is 0 Å². The van der Waals surface area contributed by atoms with E-state index < -0.39 is 0 Å². The van der Waals surface area contributed by atoms with Crippen molar-refractivity contribution in [2.24, 2.45) is 0 Å². The van der Waals surface area contributed by atoms with Crippen molar-refractivity contribution in [3.63, 3.8) is 0 Å². The first kappa shape index (κ1) is 12.4. The number of aromatic nitrogens is 2. The quantitative estimate of drug-likeness (QED) is 0.779. The number of nitrogens with one attached hydrogen (secondary N) is 2. The van der Waals surface area contributed by atoms with Crippen molar-refractivity contribution >= 4 is 28.9 Å². The number of hydrogen-bond acceptors (Lipinski definition) is 3. The van der Waals surface area contributed by atoms with E-state index in [4.69, 9.17) is 17.3 Å². The predicted octanol–water partition coefficient (Wildman–Crippen LogP) is 2.51. The van der Waals surface area contributed by atoms with E-state index in [-0.39, 0.29) is 11.6 Å². The molecule has 5 nitrogen and oxygen atoms in total. The number of hydrogen-bond donors (Lipinski definition) is 3. The SMILES string of the molecule is Cc1cc(Cl)ccc1NC(=O)c1n[nH]c(C)c1N. The highest BCUT2D eigenvalue weighted by molar-refractivity contribution is 6.30. The highest BCUT2D eigenvalue weighted by Crippen LogP contribution is 2.21. The maximum atomic E-state index is 12.0. The fraction of sp³-hybridized carbons (Fsp3) is 0.167. The van der Waals surface area contributed by atoms with Crippen molar-refractivity contribution in [3.8, 4) is 0 Å². The molecule has 0 fully saturated rings. The first-order chi connectivity index (χ1) is 8.49. The molecule has 0 aliphatic heterocycles. The van der Waals surface area contributed by atoms with Crippen molar-refractivity contribution in [3.05, 3.63) is 40.2 Å². The number of H-pyrrole nitrogens is 1. The van der Waals surface area contributed by atoms with Gasteiger partial charge >= 0.3 is 0 Å². The molecule has 94 valence electrons. The molecular formula is C12H13ClN4O. The molecule has 18 heavy (non-hydrogen) atoms. The molecule has 1 aromatic heterocycles. The number of amides is 1. The Morgan fingerprint density at radius 3 is 2.72 bits per heavy atom. The lowest BCUT2D eigenvalue weighted by molar-refractivity contribution is 0.102. The van der Waals surface area contributed by atoms with Gasteiger partial charge in [-0.2, -0.15) is 5.10 Å².